The number of ether oxygens (including phenoxy) is 1. The van der Waals surface area contributed by atoms with Crippen molar-refractivity contribution in [2.24, 2.45) is 0 Å². The first-order valence-electron chi connectivity index (χ1n) is 6.61. The van der Waals surface area contributed by atoms with Gasteiger partial charge in [-0.2, -0.15) is 0 Å². The first kappa shape index (κ1) is 14.5. The first-order valence-corrected chi connectivity index (χ1v) is 8.09. The fraction of sp³-hybridized carbons (Fsp3) is 0.571. The Hall–Kier alpha value is -0.910. The normalized spacial score (nSPS) is 21.5. The molecule has 106 valence electrons. The van der Waals surface area contributed by atoms with Crippen molar-refractivity contribution in [1.29, 1.82) is 0 Å². The van der Waals surface area contributed by atoms with Crippen molar-refractivity contribution in [2.75, 3.05) is 6.61 Å². The summed E-state index contributed by atoms with van der Waals surface area (Å²) in [5.41, 5.74) is 1.83. The van der Waals surface area contributed by atoms with E-state index in [2.05, 4.69) is 4.72 Å². The average molecular weight is 283 g/mol. The third-order valence-corrected chi connectivity index (χ3v) is 5.20. The van der Waals surface area contributed by atoms with Crippen LogP contribution in [0.5, 0.6) is 0 Å². The van der Waals surface area contributed by atoms with Crippen molar-refractivity contribution in [1.82, 2.24) is 4.72 Å². The van der Waals surface area contributed by atoms with E-state index in [1.807, 2.05) is 32.9 Å². The van der Waals surface area contributed by atoms with Crippen LogP contribution in [0, 0.1) is 13.8 Å². The maximum atomic E-state index is 12.4. The number of aryl methyl sites for hydroxylation is 2. The molecular weight excluding hydrogens is 262 g/mol. The van der Waals surface area contributed by atoms with Gasteiger partial charge in [0.25, 0.3) is 0 Å². The molecule has 1 heterocycles. The SMILES string of the molecule is Cc1ccc(S(=O)(=O)N[C@H](C)[C@H]2CCCO2)c(C)c1. The molecular formula is C14H21NO3S. The van der Waals surface area contributed by atoms with Crippen molar-refractivity contribution in [3.63, 3.8) is 0 Å². The second-order valence-corrected chi connectivity index (χ2v) is 6.91. The van der Waals surface area contributed by atoms with Gasteiger partial charge < -0.3 is 4.74 Å². The van der Waals surface area contributed by atoms with Gasteiger partial charge in [0.2, 0.25) is 10.0 Å². The van der Waals surface area contributed by atoms with Crippen molar-refractivity contribution < 1.29 is 13.2 Å². The highest BCUT2D eigenvalue weighted by Crippen LogP contribution is 2.20. The third kappa shape index (κ3) is 3.35. The van der Waals surface area contributed by atoms with Gasteiger partial charge in [-0.25, -0.2) is 13.1 Å². The standard InChI is InChI=1S/C14H21NO3S/c1-10-6-7-14(11(2)9-10)19(16,17)15-12(3)13-5-4-8-18-13/h6-7,9,12-13,15H,4-5,8H2,1-3H3/t12-,13-/m1/s1. The molecule has 0 aromatic heterocycles. The van der Waals surface area contributed by atoms with Gasteiger partial charge in [-0.15, -0.1) is 0 Å². The van der Waals surface area contributed by atoms with Gasteiger partial charge >= 0.3 is 0 Å². The van der Waals surface area contributed by atoms with Gasteiger partial charge in [0, 0.05) is 12.6 Å². The minimum Gasteiger partial charge on any atom is -0.377 e. The molecule has 0 saturated carbocycles. The Labute approximate surface area is 115 Å². The highest BCUT2D eigenvalue weighted by Gasteiger charge is 2.27. The minimum absolute atomic E-state index is 0.0134. The molecule has 0 bridgehead atoms. The van der Waals surface area contributed by atoms with Gasteiger partial charge in [0.1, 0.15) is 0 Å². The summed E-state index contributed by atoms with van der Waals surface area (Å²) in [6, 6.07) is 5.16. The molecule has 19 heavy (non-hydrogen) atoms. The van der Waals surface area contributed by atoms with E-state index in [4.69, 9.17) is 4.74 Å². The molecule has 0 spiro atoms. The molecule has 0 unspecified atom stereocenters. The summed E-state index contributed by atoms with van der Waals surface area (Å²) in [6.45, 7) is 6.35. The molecule has 1 aromatic carbocycles. The Kier molecular flexibility index (Phi) is 4.28. The van der Waals surface area contributed by atoms with Crippen LogP contribution in [0.2, 0.25) is 0 Å². The molecule has 1 aromatic rings. The molecule has 1 N–H and O–H groups in total. The number of nitrogens with one attached hydrogen (secondary N) is 1. The van der Waals surface area contributed by atoms with E-state index >= 15 is 0 Å². The Bertz CT molecular complexity index is 548. The van der Waals surface area contributed by atoms with E-state index in [-0.39, 0.29) is 12.1 Å². The van der Waals surface area contributed by atoms with Gasteiger partial charge in [-0.05, 0) is 45.2 Å². The van der Waals surface area contributed by atoms with E-state index in [1.165, 1.54) is 0 Å². The predicted molar refractivity (Wildman–Crippen MR) is 74.7 cm³/mol. The topological polar surface area (TPSA) is 55.4 Å². The zero-order valence-electron chi connectivity index (χ0n) is 11.6. The molecule has 1 aliphatic heterocycles. The fourth-order valence-electron chi connectivity index (χ4n) is 2.48. The van der Waals surface area contributed by atoms with E-state index < -0.39 is 10.0 Å². The van der Waals surface area contributed by atoms with Crippen LogP contribution in [-0.2, 0) is 14.8 Å². The summed E-state index contributed by atoms with van der Waals surface area (Å²) < 4.78 is 33.0. The highest BCUT2D eigenvalue weighted by atomic mass is 32.2. The molecule has 1 aliphatic rings. The molecule has 1 saturated heterocycles. The smallest absolute Gasteiger partial charge is 0.241 e. The predicted octanol–water partition coefficient (Wildman–Crippen LogP) is 2.15. The summed E-state index contributed by atoms with van der Waals surface area (Å²) in [5, 5.41) is 0. The van der Waals surface area contributed by atoms with Crippen LogP contribution in [0.1, 0.15) is 30.9 Å². The highest BCUT2D eigenvalue weighted by molar-refractivity contribution is 7.89. The second-order valence-electron chi connectivity index (χ2n) is 5.23. The lowest BCUT2D eigenvalue weighted by atomic mass is 10.1. The van der Waals surface area contributed by atoms with Crippen LogP contribution >= 0.6 is 0 Å². The van der Waals surface area contributed by atoms with E-state index in [9.17, 15) is 8.42 Å². The second kappa shape index (κ2) is 5.61. The molecule has 1 fully saturated rings. The third-order valence-electron chi connectivity index (χ3n) is 3.48. The van der Waals surface area contributed by atoms with Gasteiger partial charge in [-0.1, -0.05) is 17.7 Å². The quantitative estimate of drug-likeness (QED) is 0.921. The Morgan fingerprint density at radius 1 is 1.37 bits per heavy atom. The summed E-state index contributed by atoms with van der Waals surface area (Å²) in [5.74, 6) is 0. The van der Waals surface area contributed by atoms with Crippen LogP contribution in [0.15, 0.2) is 23.1 Å². The van der Waals surface area contributed by atoms with E-state index in [0.717, 1.165) is 30.6 Å². The molecule has 5 heteroatoms. The molecule has 4 nitrogen and oxygen atoms in total. The number of benzene rings is 1. The van der Waals surface area contributed by atoms with Gasteiger partial charge in [0.15, 0.2) is 0 Å². The molecule has 0 amide bonds. The zero-order chi connectivity index (χ0) is 14.0. The zero-order valence-corrected chi connectivity index (χ0v) is 12.5. The van der Waals surface area contributed by atoms with Crippen molar-refractivity contribution in [3.8, 4) is 0 Å². The maximum Gasteiger partial charge on any atom is 0.241 e. The van der Waals surface area contributed by atoms with Crippen LogP contribution in [0.4, 0.5) is 0 Å². The fourth-order valence-corrected chi connectivity index (χ4v) is 3.98. The monoisotopic (exact) mass is 283 g/mol. The Balaban J connectivity index is 2.17. The van der Waals surface area contributed by atoms with Crippen LogP contribution in [-0.4, -0.2) is 27.2 Å². The summed E-state index contributed by atoms with van der Waals surface area (Å²) in [7, 11) is -3.47. The van der Waals surface area contributed by atoms with E-state index in [0.29, 0.717) is 4.90 Å². The maximum absolute atomic E-state index is 12.4. The van der Waals surface area contributed by atoms with Crippen molar-refractivity contribution in [2.45, 2.75) is 50.7 Å². The van der Waals surface area contributed by atoms with Crippen molar-refractivity contribution in [3.05, 3.63) is 29.3 Å². The molecule has 2 atom stereocenters. The van der Waals surface area contributed by atoms with Crippen LogP contribution in [0.25, 0.3) is 0 Å². The van der Waals surface area contributed by atoms with Gasteiger partial charge in [-0.3, -0.25) is 0 Å². The van der Waals surface area contributed by atoms with Crippen molar-refractivity contribution >= 4 is 10.0 Å². The molecule has 0 aliphatic carbocycles. The summed E-state index contributed by atoms with van der Waals surface area (Å²) >= 11 is 0. The lowest BCUT2D eigenvalue weighted by Crippen LogP contribution is -2.40. The largest absolute Gasteiger partial charge is 0.377 e. The number of hydrogen-bond acceptors (Lipinski definition) is 3. The van der Waals surface area contributed by atoms with Crippen LogP contribution < -0.4 is 4.72 Å². The number of sulfonamides is 1. The number of hydrogen-bond donors (Lipinski definition) is 1. The summed E-state index contributed by atoms with van der Waals surface area (Å²) in [4.78, 5) is 0.350. The summed E-state index contributed by atoms with van der Waals surface area (Å²) in [6.07, 6.45) is 1.90. The van der Waals surface area contributed by atoms with E-state index in [1.54, 1.807) is 6.07 Å². The molecule has 0 radical (unpaired) electrons. The Morgan fingerprint density at radius 2 is 2.11 bits per heavy atom. The first-order chi connectivity index (χ1) is 8.90. The minimum atomic E-state index is -3.47. The lowest BCUT2D eigenvalue weighted by molar-refractivity contribution is 0.0902. The molecule has 2 rings (SSSR count). The van der Waals surface area contributed by atoms with Gasteiger partial charge in [0.05, 0.1) is 11.0 Å². The average Bonchev–Trinajstić information content (AvgIpc) is 2.80. The van der Waals surface area contributed by atoms with Crippen LogP contribution in [0.3, 0.4) is 0 Å². The Morgan fingerprint density at radius 3 is 2.68 bits per heavy atom. The lowest BCUT2D eigenvalue weighted by Gasteiger charge is -2.20. The number of rotatable bonds is 4.